The number of hydrogen-bond donors (Lipinski definition) is 1. The van der Waals surface area contributed by atoms with Gasteiger partial charge in [0.1, 0.15) is 0 Å². The molecule has 3 fully saturated rings. The zero-order valence-electron chi connectivity index (χ0n) is 13.0. The third kappa shape index (κ3) is 2.85. The van der Waals surface area contributed by atoms with Crippen LogP contribution < -0.4 is 5.32 Å². The van der Waals surface area contributed by atoms with E-state index in [-0.39, 0.29) is 0 Å². The topological polar surface area (TPSA) is 15.3 Å². The largest absolute Gasteiger partial charge is 0.314 e. The van der Waals surface area contributed by atoms with Gasteiger partial charge in [-0.3, -0.25) is 4.90 Å². The van der Waals surface area contributed by atoms with Crippen LogP contribution in [0.5, 0.6) is 0 Å². The molecule has 1 N–H and O–H groups in total. The van der Waals surface area contributed by atoms with Crippen molar-refractivity contribution in [1.82, 2.24) is 10.2 Å². The SMILES string of the molecule is CC1(C)CCC(N2CCNCC23CCCCC3)CC1. The maximum atomic E-state index is 3.69. The summed E-state index contributed by atoms with van der Waals surface area (Å²) in [4.78, 5) is 2.96. The fraction of sp³-hybridized carbons (Fsp3) is 1.00. The maximum Gasteiger partial charge on any atom is 0.0337 e. The molecular formula is C17H32N2. The Kier molecular flexibility index (Phi) is 3.92. The first-order valence-corrected chi connectivity index (χ1v) is 8.59. The first-order valence-electron chi connectivity index (χ1n) is 8.59. The van der Waals surface area contributed by atoms with Gasteiger partial charge in [-0.15, -0.1) is 0 Å². The summed E-state index contributed by atoms with van der Waals surface area (Å²) in [7, 11) is 0. The van der Waals surface area contributed by atoms with Gasteiger partial charge in [0, 0.05) is 31.2 Å². The zero-order valence-corrected chi connectivity index (χ0v) is 13.0. The molecule has 2 saturated carbocycles. The Hall–Kier alpha value is -0.0800. The third-order valence-corrected chi connectivity index (χ3v) is 6.13. The van der Waals surface area contributed by atoms with E-state index in [0.29, 0.717) is 11.0 Å². The van der Waals surface area contributed by atoms with E-state index in [1.54, 1.807) is 0 Å². The van der Waals surface area contributed by atoms with E-state index in [1.165, 1.54) is 77.4 Å². The third-order valence-electron chi connectivity index (χ3n) is 6.13. The number of hydrogen-bond acceptors (Lipinski definition) is 2. The minimum absolute atomic E-state index is 0.530. The molecule has 1 heterocycles. The van der Waals surface area contributed by atoms with Crippen LogP contribution in [0.2, 0.25) is 0 Å². The van der Waals surface area contributed by atoms with Crippen molar-refractivity contribution in [2.45, 2.75) is 83.2 Å². The molecule has 2 nitrogen and oxygen atoms in total. The quantitative estimate of drug-likeness (QED) is 0.779. The highest BCUT2D eigenvalue weighted by atomic mass is 15.3. The van der Waals surface area contributed by atoms with Crippen LogP contribution in [0, 0.1) is 5.41 Å². The molecule has 2 heteroatoms. The molecule has 0 radical (unpaired) electrons. The lowest BCUT2D eigenvalue weighted by molar-refractivity contribution is -0.0291. The molecule has 0 amide bonds. The minimum atomic E-state index is 0.530. The fourth-order valence-electron chi connectivity index (χ4n) is 4.80. The van der Waals surface area contributed by atoms with Gasteiger partial charge in [-0.1, -0.05) is 33.1 Å². The Bertz CT molecular complexity index is 286. The maximum absolute atomic E-state index is 3.69. The average Bonchev–Trinajstić information content (AvgIpc) is 2.41. The van der Waals surface area contributed by atoms with Gasteiger partial charge in [-0.2, -0.15) is 0 Å². The summed E-state index contributed by atoms with van der Waals surface area (Å²) in [5, 5.41) is 3.69. The molecule has 3 aliphatic rings. The van der Waals surface area contributed by atoms with E-state index < -0.39 is 0 Å². The van der Waals surface area contributed by atoms with Crippen LogP contribution in [0.15, 0.2) is 0 Å². The molecule has 2 aliphatic carbocycles. The van der Waals surface area contributed by atoms with Crippen molar-refractivity contribution in [3.63, 3.8) is 0 Å². The van der Waals surface area contributed by atoms with Crippen molar-refractivity contribution in [3.05, 3.63) is 0 Å². The summed E-state index contributed by atoms with van der Waals surface area (Å²) in [5.74, 6) is 0. The molecule has 0 aromatic rings. The number of piperazine rings is 1. The van der Waals surface area contributed by atoms with Gasteiger partial charge in [0.05, 0.1) is 0 Å². The summed E-state index contributed by atoms with van der Waals surface area (Å²) in [6, 6.07) is 0.883. The van der Waals surface area contributed by atoms with Crippen molar-refractivity contribution in [2.24, 2.45) is 5.41 Å². The van der Waals surface area contributed by atoms with Gasteiger partial charge < -0.3 is 5.32 Å². The minimum Gasteiger partial charge on any atom is -0.314 e. The summed E-state index contributed by atoms with van der Waals surface area (Å²) in [6.07, 6.45) is 13.0. The number of nitrogens with zero attached hydrogens (tertiary/aromatic N) is 1. The van der Waals surface area contributed by atoms with E-state index in [1.807, 2.05) is 0 Å². The van der Waals surface area contributed by atoms with E-state index in [9.17, 15) is 0 Å². The van der Waals surface area contributed by atoms with Crippen LogP contribution in [-0.4, -0.2) is 36.1 Å². The van der Waals surface area contributed by atoms with E-state index in [2.05, 4.69) is 24.1 Å². The zero-order chi connectivity index (χ0) is 13.3. The van der Waals surface area contributed by atoms with Crippen LogP contribution >= 0.6 is 0 Å². The number of nitrogens with one attached hydrogen (secondary N) is 1. The van der Waals surface area contributed by atoms with Crippen LogP contribution in [0.4, 0.5) is 0 Å². The van der Waals surface area contributed by atoms with Gasteiger partial charge in [-0.25, -0.2) is 0 Å². The molecule has 0 atom stereocenters. The normalized spacial score (nSPS) is 32.5. The lowest BCUT2D eigenvalue weighted by Crippen LogP contribution is -2.65. The van der Waals surface area contributed by atoms with Crippen LogP contribution in [0.1, 0.15) is 71.6 Å². The standard InChI is InChI=1S/C17H32N2/c1-16(2)10-6-15(7-11-16)19-13-12-18-14-17(19)8-4-3-5-9-17/h15,18H,3-14H2,1-2H3. The lowest BCUT2D eigenvalue weighted by Gasteiger charge is -2.54. The molecular weight excluding hydrogens is 232 g/mol. The van der Waals surface area contributed by atoms with Gasteiger partial charge in [0.15, 0.2) is 0 Å². The highest BCUT2D eigenvalue weighted by molar-refractivity contribution is 5.01. The van der Waals surface area contributed by atoms with Gasteiger partial charge in [-0.05, 0) is 43.9 Å². The van der Waals surface area contributed by atoms with Crippen molar-refractivity contribution in [1.29, 1.82) is 0 Å². The fourth-order valence-corrected chi connectivity index (χ4v) is 4.80. The Morgan fingerprint density at radius 2 is 1.63 bits per heavy atom. The molecule has 0 aromatic heterocycles. The predicted molar refractivity (Wildman–Crippen MR) is 81.4 cm³/mol. The van der Waals surface area contributed by atoms with Crippen molar-refractivity contribution < 1.29 is 0 Å². The van der Waals surface area contributed by atoms with E-state index in [0.717, 1.165) is 6.04 Å². The summed E-state index contributed by atoms with van der Waals surface area (Å²) in [5.41, 5.74) is 1.13. The summed E-state index contributed by atoms with van der Waals surface area (Å²) >= 11 is 0. The molecule has 1 aliphatic heterocycles. The van der Waals surface area contributed by atoms with Gasteiger partial charge >= 0.3 is 0 Å². The van der Waals surface area contributed by atoms with Crippen molar-refractivity contribution in [2.75, 3.05) is 19.6 Å². The molecule has 0 unspecified atom stereocenters. The lowest BCUT2D eigenvalue weighted by atomic mass is 9.72. The Labute approximate surface area is 119 Å². The molecule has 0 aromatic carbocycles. The second-order valence-electron chi connectivity index (χ2n) is 8.05. The molecule has 3 rings (SSSR count). The Morgan fingerprint density at radius 1 is 0.947 bits per heavy atom. The van der Waals surface area contributed by atoms with Crippen molar-refractivity contribution in [3.8, 4) is 0 Å². The van der Waals surface area contributed by atoms with E-state index in [4.69, 9.17) is 0 Å². The Morgan fingerprint density at radius 3 is 2.32 bits per heavy atom. The van der Waals surface area contributed by atoms with Gasteiger partial charge in [0.25, 0.3) is 0 Å². The highest BCUT2D eigenvalue weighted by Crippen LogP contribution is 2.42. The highest BCUT2D eigenvalue weighted by Gasteiger charge is 2.44. The molecule has 1 spiro atoms. The monoisotopic (exact) mass is 264 g/mol. The van der Waals surface area contributed by atoms with Crippen LogP contribution in [0.3, 0.4) is 0 Å². The smallest absolute Gasteiger partial charge is 0.0337 e. The summed E-state index contributed by atoms with van der Waals surface area (Å²) in [6.45, 7) is 8.67. The Balaban J connectivity index is 1.70. The first kappa shape index (κ1) is 13.9. The number of rotatable bonds is 1. The average molecular weight is 264 g/mol. The van der Waals surface area contributed by atoms with E-state index >= 15 is 0 Å². The van der Waals surface area contributed by atoms with Crippen molar-refractivity contribution >= 4 is 0 Å². The molecule has 0 bridgehead atoms. The molecule has 110 valence electrons. The van der Waals surface area contributed by atoms with Crippen LogP contribution in [-0.2, 0) is 0 Å². The second kappa shape index (κ2) is 5.37. The molecule has 1 saturated heterocycles. The second-order valence-corrected chi connectivity index (χ2v) is 8.05. The van der Waals surface area contributed by atoms with Crippen LogP contribution in [0.25, 0.3) is 0 Å². The van der Waals surface area contributed by atoms with Gasteiger partial charge in [0.2, 0.25) is 0 Å². The first-order chi connectivity index (χ1) is 9.11. The summed E-state index contributed by atoms with van der Waals surface area (Å²) < 4.78 is 0. The molecule has 19 heavy (non-hydrogen) atoms. The predicted octanol–water partition coefficient (Wildman–Crippen LogP) is 3.56.